The van der Waals surface area contributed by atoms with Gasteiger partial charge in [-0.25, -0.2) is 5.84 Å². The van der Waals surface area contributed by atoms with Gasteiger partial charge in [-0.15, -0.1) is 11.3 Å². The lowest BCUT2D eigenvalue weighted by Crippen LogP contribution is -2.30. The average Bonchev–Trinajstić information content (AvgIpc) is 2.97. The Morgan fingerprint density at radius 3 is 2.89 bits per heavy atom. The van der Waals surface area contributed by atoms with Gasteiger partial charge in [0.1, 0.15) is 0 Å². The van der Waals surface area contributed by atoms with Crippen molar-refractivity contribution in [2.75, 3.05) is 0 Å². The molecule has 0 spiro atoms. The SMILES string of the molecule is NNC(=O)c1sccc1Cn1cc(C(N)=O)cn1. The van der Waals surface area contributed by atoms with E-state index < -0.39 is 5.91 Å². The lowest BCUT2D eigenvalue weighted by atomic mass is 10.2. The predicted molar refractivity (Wildman–Crippen MR) is 65.8 cm³/mol. The second kappa shape index (κ2) is 4.98. The highest BCUT2D eigenvalue weighted by Crippen LogP contribution is 2.17. The molecule has 8 heteroatoms. The highest BCUT2D eigenvalue weighted by Gasteiger charge is 2.13. The molecule has 2 aromatic rings. The van der Waals surface area contributed by atoms with E-state index in [9.17, 15) is 9.59 Å². The normalized spacial score (nSPS) is 10.3. The molecule has 0 fully saturated rings. The van der Waals surface area contributed by atoms with Crippen molar-refractivity contribution in [2.24, 2.45) is 11.6 Å². The maximum Gasteiger partial charge on any atom is 0.275 e. The number of carbonyl (C=O) groups is 2. The van der Waals surface area contributed by atoms with Crippen LogP contribution in [0.1, 0.15) is 25.6 Å². The van der Waals surface area contributed by atoms with Gasteiger partial charge in [0, 0.05) is 6.20 Å². The van der Waals surface area contributed by atoms with E-state index in [1.807, 2.05) is 0 Å². The number of hydrogen-bond acceptors (Lipinski definition) is 5. The number of nitrogens with one attached hydrogen (secondary N) is 1. The molecule has 0 saturated carbocycles. The number of carbonyl (C=O) groups excluding carboxylic acids is 2. The molecule has 7 nitrogen and oxygen atoms in total. The van der Waals surface area contributed by atoms with E-state index in [4.69, 9.17) is 11.6 Å². The van der Waals surface area contributed by atoms with E-state index >= 15 is 0 Å². The Morgan fingerprint density at radius 2 is 2.28 bits per heavy atom. The van der Waals surface area contributed by atoms with Crippen LogP contribution in [0.2, 0.25) is 0 Å². The zero-order valence-electron chi connectivity index (χ0n) is 9.29. The highest BCUT2D eigenvalue weighted by atomic mass is 32.1. The number of thiophene rings is 1. The van der Waals surface area contributed by atoms with Crippen molar-refractivity contribution >= 4 is 23.2 Å². The van der Waals surface area contributed by atoms with Crippen molar-refractivity contribution in [3.05, 3.63) is 39.8 Å². The predicted octanol–water partition coefficient (Wildman–Crippen LogP) is -0.305. The van der Waals surface area contributed by atoms with Crippen LogP contribution >= 0.6 is 11.3 Å². The minimum atomic E-state index is -0.536. The van der Waals surface area contributed by atoms with E-state index in [1.165, 1.54) is 28.4 Å². The summed E-state index contributed by atoms with van der Waals surface area (Å²) < 4.78 is 1.54. The molecule has 0 aromatic carbocycles. The van der Waals surface area contributed by atoms with Gasteiger partial charge in [0.2, 0.25) is 0 Å². The molecule has 0 atom stereocenters. The molecule has 5 N–H and O–H groups in total. The summed E-state index contributed by atoms with van der Waals surface area (Å²) >= 11 is 1.29. The van der Waals surface area contributed by atoms with Crippen molar-refractivity contribution in [1.82, 2.24) is 15.2 Å². The minimum Gasteiger partial charge on any atom is -0.366 e. The molecule has 0 aliphatic heterocycles. The van der Waals surface area contributed by atoms with Gasteiger partial charge in [-0.3, -0.25) is 19.7 Å². The first-order valence-electron chi connectivity index (χ1n) is 5.01. The van der Waals surface area contributed by atoms with E-state index in [1.54, 1.807) is 11.4 Å². The second-order valence-corrected chi connectivity index (χ2v) is 4.46. The first kappa shape index (κ1) is 12.3. The van der Waals surface area contributed by atoms with Crippen molar-refractivity contribution < 1.29 is 9.59 Å². The number of aromatic nitrogens is 2. The summed E-state index contributed by atoms with van der Waals surface area (Å²) in [5.74, 6) is 4.21. The fraction of sp³-hybridized carbons (Fsp3) is 0.100. The fourth-order valence-electron chi connectivity index (χ4n) is 1.48. The highest BCUT2D eigenvalue weighted by molar-refractivity contribution is 7.12. The van der Waals surface area contributed by atoms with E-state index in [0.717, 1.165) is 5.56 Å². The largest absolute Gasteiger partial charge is 0.366 e. The first-order valence-corrected chi connectivity index (χ1v) is 5.89. The number of primary amides is 1. The molecule has 0 aliphatic rings. The summed E-state index contributed by atoms with van der Waals surface area (Å²) in [4.78, 5) is 22.9. The standard InChI is InChI=1S/C10H11N5O2S/c11-9(16)7-3-13-15(5-7)4-6-1-2-18-8(6)10(17)14-12/h1-3,5H,4,12H2,(H2,11,16)(H,14,17). The summed E-state index contributed by atoms with van der Waals surface area (Å²) in [5.41, 5.74) is 8.32. The summed E-state index contributed by atoms with van der Waals surface area (Å²) in [6.45, 7) is 0.375. The molecule has 94 valence electrons. The molecule has 2 heterocycles. The smallest absolute Gasteiger partial charge is 0.275 e. The van der Waals surface area contributed by atoms with Gasteiger partial charge >= 0.3 is 0 Å². The molecule has 2 aromatic heterocycles. The second-order valence-electron chi connectivity index (χ2n) is 3.54. The number of amides is 2. The maximum atomic E-state index is 11.5. The molecule has 0 aliphatic carbocycles. The number of nitrogen functional groups attached to an aromatic ring is 1. The van der Waals surface area contributed by atoms with E-state index in [-0.39, 0.29) is 5.91 Å². The number of nitrogens with zero attached hydrogens (tertiary/aromatic N) is 2. The Morgan fingerprint density at radius 1 is 1.50 bits per heavy atom. The number of hydrogen-bond donors (Lipinski definition) is 3. The van der Waals surface area contributed by atoms with Crippen LogP contribution in [0.15, 0.2) is 23.8 Å². The van der Waals surface area contributed by atoms with Crippen LogP contribution in [0.5, 0.6) is 0 Å². The van der Waals surface area contributed by atoms with Gasteiger partial charge in [-0.05, 0) is 17.0 Å². The van der Waals surface area contributed by atoms with Crippen LogP contribution in [0, 0.1) is 0 Å². The van der Waals surface area contributed by atoms with E-state index in [0.29, 0.717) is 17.0 Å². The number of rotatable bonds is 4. The summed E-state index contributed by atoms with van der Waals surface area (Å²) in [6, 6.07) is 1.81. The summed E-state index contributed by atoms with van der Waals surface area (Å²) in [6.07, 6.45) is 2.92. The third-order valence-corrected chi connectivity index (χ3v) is 3.29. The summed E-state index contributed by atoms with van der Waals surface area (Å²) in [7, 11) is 0. The summed E-state index contributed by atoms with van der Waals surface area (Å²) in [5, 5.41) is 5.79. The van der Waals surface area contributed by atoms with Crippen molar-refractivity contribution in [3.8, 4) is 0 Å². The van der Waals surface area contributed by atoms with Gasteiger partial charge < -0.3 is 5.73 Å². The fourth-order valence-corrected chi connectivity index (χ4v) is 2.30. The Bertz CT molecular complexity index is 589. The molecule has 0 unspecified atom stereocenters. The Balaban J connectivity index is 2.20. The Labute approximate surface area is 106 Å². The maximum absolute atomic E-state index is 11.5. The van der Waals surface area contributed by atoms with Crippen LogP contribution in [0.25, 0.3) is 0 Å². The Kier molecular flexibility index (Phi) is 3.40. The van der Waals surface area contributed by atoms with Crippen LogP contribution < -0.4 is 17.0 Å². The average molecular weight is 265 g/mol. The molecule has 2 amide bonds. The lowest BCUT2D eigenvalue weighted by Gasteiger charge is -2.02. The van der Waals surface area contributed by atoms with Gasteiger partial charge in [-0.1, -0.05) is 0 Å². The van der Waals surface area contributed by atoms with Crippen LogP contribution in [-0.4, -0.2) is 21.6 Å². The molecule has 0 bridgehead atoms. The van der Waals surface area contributed by atoms with Gasteiger partial charge in [0.25, 0.3) is 11.8 Å². The van der Waals surface area contributed by atoms with Gasteiger partial charge in [-0.2, -0.15) is 5.10 Å². The molecule has 2 rings (SSSR count). The first-order chi connectivity index (χ1) is 8.61. The van der Waals surface area contributed by atoms with E-state index in [2.05, 4.69) is 10.5 Å². The van der Waals surface area contributed by atoms with Crippen LogP contribution in [0.4, 0.5) is 0 Å². The number of hydrazine groups is 1. The molecular weight excluding hydrogens is 254 g/mol. The van der Waals surface area contributed by atoms with Crippen LogP contribution in [-0.2, 0) is 6.54 Å². The minimum absolute atomic E-state index is 0.329. The van der Waals surface area contributed by atoms with Crippen molar-refractivity contribution in [1.29, 1.82) is 0 Å². The molecule has 0 saturated heterocycles. The zero-order chi connectivity index (χ0) is 13.1. The molecule has 0 radical (unpaired) electrons. The quantitative estimate of drug-likeness (QED) is 0.399. The van der Waals surface area contributed by atoms with Gasteiger partial charge in [0.15, 0.2) is 0 Å². The van der Waals surface area contributed by atoms with Crippen molar-refractivity contribution in [2.45, 2.75) is 6.54 Å². The van der Waals surface area contributed by atoms with Gasteiger partial charge in [0.05, 0.1) is 23.2 Å². The number of nitrogens with two attached hydrogens (primary N) is 2. The Hall–Kier alpha value is -2.19. The van der Waals surface area contributed by atoms with Crippen molar-refractivity contribution in [3.63, 3.8) is 0 Å². The zero-order valence-corrected chi connectivity index (χ0v) is 10.1. The lowest BCUT2D eigenvalue weighted by molar-refractivity contribution is 0.0955. The molecule has 18 heavy (non-hydrogen) atoms. The monoisotopic (exact) mass is 265 g/mol. The third-order valence-electron chi connectivity index (χ3n) is 2.33. The topological polar surface area (TPSA) is 116 Å². The molecular formula is C10H11N5O2S. The third kappa shape index (κ3) is 2.39. The van der Waals surface area contributed by atoms with Crippen LogP contribution in [0.3, 0.4) is 0 Å².